The predicted molar refractivity (Wildman–Crippen MR) is 76.8 cm³/mol. The summed E-state index contributed by atoms with van der Waals surface area (Å²) in [5.41, 5.74) is 2.71. The molecule has 2 rings (SSSR count). The number of hydrogen-bond acceptors (Lipinski definition) is 2. The van der Waals surface area contributed by atoms with Crippen LogP contribution in [0.25, 0.3) is 0 Å². The number of nitrogens with zero attached hydrogens (tertiary/aromatic N) is 1. The number of carboxylic acid groups (broad SMARTS) is 1. The van der Waals surface area contributed by atoms with E-state index in [0.29, 0.717) is 19.4 Å². The number of carbonyl (C=O) groups excluding carboxylic acids is 1. The molecule has 1 amide bonds. The van der Waals surface area contributed by atoms with E-state index < -0.39 is 5.97 Å². The van der Waals surface area contributed by atoms with E-state index in [1.165, 1.54) is 0 Å². The molecule has 4 heteroatoms. The molecule has 20 heavy (non-hydrogen) atoms. The van der Waals surface area contributed by atoms with Gasteiger partial charge in [0.25, 0.3) is 5.91 Å². The number of aryl methyl sites for hydroxylation is 2. The van der Waals surface area contributed by atoms with Crippen LogP contribution in [0.5, 0.6) is 0 Å². The van der Waals surface area contributed by atoms with Crippen LogP contribution in [-0.4, -0.2) is 34.5 Å². The highest BCUT2D eigenvalue weighted by molar-refractivity contribution is 5.97. The van der Waals surface area contributed by atoms with Crippen LogP contribution in [0, 0.1) is 19.8 Å². The summed E-state index contributed by atoms with van der Waals surface area (Å²) < 4.78 is 0. The lowest BCUT2D eigenvalue weighted by Gasteiger charge is -2.36. The second kappa shape index (κ2) is 5.65. The van der Waals surface area contributed by atoms with Gasteiger partial charge in [0.05, 0.1) is 5.92 Å². The molecule has 1 saturated heterocycles. The summed E-state index contributed by atoms with van der Waals surface area (Å²) in [5.74, 6) is -1.06. The minimum atomic E-state index is -0.754. The van der Waals surface area contributed by atoms with Gasteiger partial charge in [0.2, 0.25) is 0 Å². The zero-order valence-corrected chi connectivity index (χ0v) is 12.2. The van der Waals surface area contributed by atoms with Crippen LogP contribution >= 0.6 is 0 Å². The predicted octanol–water partition coefficient (Wildman–Crippen LogP) is 2.63. The largest absolute Gasteiger partial charge is 0.481 e. The number of carboxylic acids is 1. The first-order chi connectivity index (χ1) is 9.41. The molecule has 2 atom stereocenters. The van der Waals surface area contributed by atoms with Crippen molar-refractivity contribution in [2.24, 2.45) is 5.92 Å². The molecule has 4 nitrogen and oxygen atoms in total. The molecule has 1 fully saturated rings. The third kappa shape index (κ3) is 2.69. The van der Waals surface area contributed by atoms with Crippen molar-refractivity contribution < 1.29 is 14.7 Å². The Morgan fingerprint density at radius 1 is 1.25 bits per heavy atom. The van der Waals surface area contributed by atoms with Gasteiger partial charge in [-0.05, 0) is 44.7 Å². The number of amides is 1. The molecular formula is C16H21NO3. The SMILES string of the molecule is Cc1cccc(C)c1C(=O)N1CCC(C(=O)O)CC1C. The van der Waals surface area contributed by atoms with Crippen molar-refractivity contribution >= 4 is 11.9 Å². The highest BCUT2D eigenvalue weighted by atomic mass is 16.4. The van der Waals surface area contributed by atoms with Gasteiger partial charge in [-0.25, -0.2) is 0 Å². The van der Waals surface area contributed by atoms with E-state index in [2.05, 4.69) is 0 Å². The quantitative estimate of drug-likeness (QED) is 0.902. The van der Waals surface area contributed by atoms with E-state index in [4.69, 9.17) is 5.11 Å². The third-order valence-electron chi connectivity index (χ3n) is 4.18. The number of rotatable bonds is 2. The summed E-state index contributed by atoms with van der Waals surface area (Å²) in [6, 6.07) is 5.79. The lowest BCUT2D eigenvalue weighted by molar-refractivity contribution is -0.143. The first kappa shape index (κ1) is 14.6. The lowest BCUT2D eigenvalue weighted by Crippen LogP contribution is -2.46. The normalized spacial score (nSPS) is 22.6. The monoisotopic (exact) mass is 275 g/mol. The van der Waals surface area contributed by atoms with Crippen molar-refractivity contribution in [1.29, 1.82) is 0 Å². The van der Waals surface area contributed by atoms with Crippen LogP contribution in [0.1, 0.15) is 41.3 Å². The zero-order valence-electron chi connectivity index (χ0n) is 12.2. The molecule has 1 aliphatic rings. The number of piperidine rings is 1. The van der Waals surface area contributed by atoms with E-state index >= 15 is 0 Å². The number of aliphatic carboxylic acids is 1. The van der Waals surface area contributed by atoms with Gasteiger partial charge in [-0.3, -0.25) is 9.59 Å². The third-order valence-corrected chi connectivity index (χ3v) is 4.18. The standard InChI is InChI=1S/C16H21NO3/c1-10-5-4-6-11(2)14(10)15(18)17-8-7-13(16(19)20)9-12(17)3/h4-6,12-13H,7-9H2,1-3H3,(H,19,20). The molecule has 1 N–H and O–H groups in total. The van der Waals surface area contributed by atoms with Gasteiger partial charge in [0.1, 0.15) is 0 Å². The Morgan fingerprint density at radius 2 is 1.85 bits per heavy atom. The maximum absolute atomic E-state index is 12.7. The zero-order chi connectivity index (χ0) is 14.9. The second-order valence-electron chi connectivity index (χ2n) is 5.67. The highest BCUT2D eigenvalue weighted by Crippen LogP contribution is 2.26. The average molecular weight is 275 g/mol. The van der Waals surface area contributed by atoms with Gasteiger partial charge < -0.3 is 10.0 Å². The topological polar surface area (TPSA) is 57.6 Å². The fraction of sp³-hybridized carbons (Fsp3) is 0.500. The maximum atomic E-state index is 12.7. The molecule has 1 aromatic carbocycles. The van der Waals surface area contributed by atoms with Crippen LogP contribution in [0.3, 0.4) is 0 Å². The number of likely N-dealkylation sites (tertiary alicyclic amines) is 1. The van der Waals surface area contributed by atoms with E-state index in [1.54, 1.807) is 0 Å². The minimum absolute atomic E-state index is 0.0249. The van der Waals surface area contributed by atoms with Crippen molar-refractivity contribution in [3.05, 3.63) is 34.9 Å². The van der Waals surface area contributed by atoms with Crippen LogP contribution in [0.2, 0.25) is 0 Å². The molecule has 1 aliphatic heterocycles. The van der Waals surface area contributed by atoms with Crippen molar-refractivity contribution in [2.75, 3.05) is 6.54 Å². The Morgan fingerprint density at radius 3 is 2.35 bits per heavy atom. The first-order valence-corrected chi connectivity index (χ1v) is 7.01. The fourth-order valence-corrected chi connectivity index (χ4v) is 2.99. The molecule has 1 aromatic rings. The average Bonchev–Trinajstić information content (AvgIpc) is 2.38. The molecule has 0 aliphatic carbocycles. The Labute approximate surface area is 119 Å². The number of benzene rings is 1. The minimum Gasteiger partial charge on any atom is -0.481 e. The Hall–Kier alpha value is -1.84. The lowest BCUT2D eigenvalue weighted by atomic mass is 9.90. The molecule has 0 spiro atoms. The van der Waals surface area contributed by atoms with Crippen LogP contribution in [0.4, 0.5) is 0 Å². The summed E-state index contributed by atoms with van der Waals surface area (Å²) in [7, 11) is 0. The summed E-state index contributed by atoms with van der Waals surface area (Å²) in [6.45, 7) is 6.33. The van der Waals surface area contributed by atoms with E-state index in [-0.39, 0.29) is 17.9 Å². The maximum Gasteiger partial charge on any atom is 0.306 e. The summed E-state index contributed by atoms with van der Waals surface area (Å²) in [6.07, 6.45) is 1.07. The van der Waals surface area contributed by atoms with Gasteiger partial charge in [-0.15, -0.1) is 0 Å². The number of carbonyl (C=O) groups is 2. The van der Waals surface area contributed by atoms with E-state index in [1.807, 2.05) is 43.9 Å². The molecular weight excluding hydrogens is 254 g/mol. The Kier molecular flexibility index (Phi) is 4.12. The summed E-state index contributed by atoms with van der Waals surface area (Å²) in [4.78, 5) is 25.6. The van der Waals surface area contributed by atoms with E-state index in [9.17, 15) is 9.59 Å². The molecule has 1 heterocycles. The summed E-state index contributed by atoms with van der Waals surface area (Å²) in [5, 5.41) is 9.08. The summed E-state index contributed by atoms with van der Waals surface area (Å²) >= 11 is 0. The molecule has 2 unspecified atom stereocenters. The smallest absolute Gasteiger partial charge is 0.306 e. The molecule has 108 valence electrons. The van der Waals surface area contributed by atoms with Crippen LogP contribution in [0.15, 0.2) is 18.2 Å². The van der Waals surface area contributed by atoms with Gasteiger partial charge in [0.15, 0.2) is 0 Å². The Balaban J connectivity index is 2.20. The van der Waals surface area contributed by atoms with Gasteiger partial charge >= 0.3 is 5.97 Å². The van der Waals surface area contributed by atoms with E-state index in [0.717, 1.165) is 16.7 Å². The molecule has 0 bridgehead atoms. The van der Waals surface area contributed by atoms with Crippen LogP contribution in [-0.2, 0) is 4.79 Å². The molecule has 0 saturated carbocycles. The van der Waals surface area contributed by atoms with Crippen LogP contribution < -0.4 is 0 Å². The number of hydrogen-bond donors (Lipinski definition) is 1. The highest BCUT2D eigenvalue weighted by Gasteiger charge is 2.33. The molecule has 0 radical (unpaired) electrons. The van der Waals surface area contributed by atoms with Gasteiger partial charge in [-0.2, -0.15) is 0 Å². The van der Waals surface area contributed by atoms with Crippen molar-refractivity contribution in [1.82, 2.24) is 4.90 Å². The van der Waals surface area contributed by atoms with Gasteiger partial charge in [-0.1, -0.05) is 18.2 Å². The van der Waals surface area contributed by atoms with Crippen molar-refractivity contribution in [3.8, 4) is 0 Å². The first-order valence-electron chi connectivity index (χ1n) is 7.01. The molecule has 0 aromatic heterocycles. The van der Waals surface area contributed by atoms with Gasteiger partial charge in [0, 0.05) is 18.2 Å². The Bertz CT molecular complexity index is 518. The second-order valence-corrected chi connectivity index (χ2v) is 5.67. The fourth-order valence-electron chi connectivity index (χ4n) is 2.99. The van der Waals surface area contributed by atoms with Crippen molar-refractivity contribution in [2.45, 2.75) is 39.7 Å². The van der Waals surface area contributed by atoms with Crippen molar-refractivity contribution in [3.63, 3.8) is 0 Å².